The lowest BCUT2D eigenvalue weighted by molar-refractivity contribution is -0.125. The Labute approximate surface area is 142 Å². The van der Waals surface area contributed by atoms with E-state index >= 15 is 0 Å². The van der Waals surface area contributed by atoms with Crippen LogP contribution >= 0.6 is 11.6 Å². The van der Waals surface area contributed by atoms with Crippen LogP contribution in [0.15, 0.2) is 29.3 Å². The maximum Gasteiger partial charge on any atom is 0.345 e. The van der Waals surface area contributed by atoms with Gasteiger partial charge in [0.15, 0.2) is 0 Å². The number of urea groups is 1. The van der Waals surface area contributed by atoms with Crippen molar-refractivity contribution < 1.29 is 14.3 Å². The Morgan fingerprint density at radius 3 is 2.35 bits per heavy atom. The Bertz CT molecular complexity index is 574. The summed E-state index contributed by atoms with van der Waals surface area (Å²) >= 11 is 5.80. The van der Waals surface area contributed by atoms with Crippen molar-refractivity contribution in [3.8, 4) is 0 Å². The number of nitrogens with zero attached hydrogens (tertiary/aromatic N) is 1. The molecule has 1 N–H and O–H groups in total. The molecule has 0 aliphatic carbocycles. The van der Waals surface area contributed by atoms with Gasteiger partial charge in [0.05, 0.1) is 12.3 Å². The lowest BCUT2D eigenvalue weighted by atomic mass is 9.88. The number of benzene rings is 1. The lowest BCUT2D eigenvalue weighted by Gasteiger charge is -2.17. The molecule has 1 aromatic rings. The zero-order chi connectivity index (χ0) is 17.5. The third-order valence-corrected chi connectivity index (χ3v) is 3.28. The molecule has 0 heterocycles. The molecular formula is C17H23ClN2O3. The molecule has 23 heavy (non-hydrogen) atoms. The summed E-state index contributed by atoms with van der Waals surface area (Å²) in [5.74, 6) is 0.00949. The van der Waals surface area contributed by atoms with Gasteiger partial charge >= 0.3 is 6.03 Å². The Hall–Kier alpha value is -1.72. The number of anilines is 1. The molecule has 0 spiro atoms. The minimum atomic E-state index is -0.538. The number of nitrogens with one attached hydrogen (secondary N) is 1. The third-order valence-electron chi connectivity index (χ3n) is 3.03. The van der Waals surface area contributed by atoms with E-state index in [-0.39, 0.29) is 18.8 Å². The fraction of sp³-hybridized carbons (Fsp3) is 0.471. The summed E-state index contributed by atoms with van der Waals surface area (Å²) in [6.07, 6.45) is 0.0948. The third kappa shape index (κ3) is 7.39. The van der Waals surface area contributed by atoms with Crippen molar-refractivity contribution in [2.75, 3.05) is 18.5 Å². The van der Waals surface area contributed by atoms with E-state index in [1.807, 2.05) is 27.7 Å². The van der Waals surface area contributed by atoms with Gasteiger partial charge in [-0.25, -0.2) is 4.79 Å². The highest BCUT2D eigenvalue weighted by molar-refractivity contribution is 6.30. The van der Waals surface area contributed by atoms with E-state index in [2.05, 4.69) is 10.3 Å². The first-order chi connectivity index (χ1) is 10.7. The molecule has 0 fully saturated rings. The number of hydrogen-bond acceptors (Lipinski definition) is 3. The first-order valence-electron chi connectivity index (χ1n) is 7.46. The van der Waals surface area contributed by atoms with Crippen LogP contribution in [0.2, 0.25) is 5.02 Å². The number of carbonyl (C=O) groups is 2. The summed E-state index contributed by atoms with van der Waals surface area (Å²) in [6.45, 7) is 8.00. The summed E-state index contributed by atoms with van der Waals surface area (Å²) in [5.41, 5.74) is 0.513. The maximum atomic E-state index is 12.1. The second kappa shape index (κ2) is 8.79. The van der Waals surface area contributed by atoms with Crippen LogP contribution in [0, 0.1) is 5.41 Å². The van der Waals surface area contributed by atoms with E-state index in [4.69, 9.17) is 16.3 Å². The number of rotatable bonds is 6. The van der Waals surface area contributed by atoms with Crippen LogP contribution in [0.4, 0.5) is 10.5 Å². The van der Waals surface area contributed by atoms with Gasteiger partial charge in [0.2, 0.25) is 0 Å². The van der Waals surface area contributed by atoms with Crippen LogP contribution in [0.3, 0.4) is 0 Å². The standard InChI is InChI=1S/C17H23ClN2O3/c1-5-23-11-14(10-15(21)17(2,3)4)20-16(22)19-13-8-6-12(18)7-9-13/h6-9H,5,10-11H2,1-4H3,(H,19,22). The summed E-state index contributed by atoms with van der Waals surface area (Å²) in [5, 5.41) is 3.22. The average molecular weight is 339 g/mol. The van der Waals surface area contributed by atoms with Crippen LogP contribution in [-0.4, -0.2) is 30.7 Å². The molecular weight excluding hydrogens is 316 g/mol. The minimum absolute atomic E-state index is 0.00949. The van der Waals surface area contributed by atoms with E-state index in [0.717, 1.165) is 0 Å². The summed E-state index contributed by atoms with van der Waals surface area (Å²) in [6, 6.07) is 6.16. The van der Waals surface area contributed by atoms with Crippen LogP contribution in [0.5, 0.6) is 0 Å². The first kappa shape index (κ1) is 19.3. The topological polar surface area (TPSA) is 67.8 Å². The SMILES string of the molecule is CCOCC(CC(=O)C(C)(C)C)=NC(=O)Nc1ccc(Cl)cc1. The van der Waals surface area contributed by atoms with Crippen molar-refractivity contribution >= 4 is 34.8 Å². The normalized spacial score (nSPS) is 12.1. The zero-order valence-electron chi connectivity index (χ0n) is 14.0. The lowest BCUT2D eigenvalue weighted by Crippen LogP contribution is -2.26. The monoisotopic (exact) mass is 338 g/mol. The van der Waals surface area contributed by atoms with Crippen LogP contribution in [-0.2, 0) is 9.53 Å². The zero-order valence-corrected chi connectivity index (χ0v) is 14.7. The van der Waals surface area contributed by atoms with Gasteiger partial charge in [-0.3, -0.25) is 4.79 Å². The maximum absolute atomic E-state index is 12.1. The predicted octanol–water partition coefficient (Wildman–Crippen LogP) is 4.35. The van der Waals surface area contributed by atoms with Gasteiger partial charge in [-0.05, 0) is 31.2 Å². The fourth-order valence-corrected chi connectivity index (χ4v) is 1.75. The molecule has 1 rings (SSSR count). The van der Waals surface area contributed by atoms with E-state index in [0.29, 0.717) is 23.0 Å². The van der Waals surface area contributed by atoms with Gasteiger partial charge in [0, 0.05) is 29.2 Å². The van der Waals surface area contributed by atoms with Crippen molar-refractivity contribution in [3.05, 3.63) is 29.3 Å². The van der Waals surface area contributed by atoms with Gasteiger partial charge in [0.25, 0.3) is 0 Å². The molecule has 0 atom stereocenters. The number of halogens is 1. The Morgan fingerprint density at radius 1 is 1.22 bits per heavy atom. The largest absolute Gasteiger partial charge is 0.376 e. The van der Waals surface area contributed by atoms with Gasteiger partial charge in [-0.2, -0.15) is 4.99 Å². The van der Waals surface area contributed by atoms with E-state index < -0.39 is 11.4 Å². The number of amides is 2. The number of ketones is 1. The Kier molecular flexibility index (Phi) is 7.39. The van der Waals surface area contributed by atoms with E-state index in [1.165, 1.54) is 0 Å². The molecule has 1 aromatic carbocycles. The molecule has 0 radical (unpaired) electrons. The molecule has 6 heteroatoms. The van der Waals surface area contributed by atoms with E-state index in [9.17, 15) is 9.59 Å². The molecule has 0 aliphatic heterocycles. The van der Waals surface area contributed by atoms with Gasteiger partial charge in [0.1, 0.15) is 5.78 Å². The highest BCUT2D eigenvalue weighted by Gasteiger charge is 2.23. The van der Waals surface area contributed by atoms with Crippen LogP contribution in [0.25, 0.3) is 0 Å². The van der Waals surface area contributed by atoms with Gasteiger partial charge < -0.3 is 10.1 Å². The first-order valence-corrected chi connectivity index (χ1v) is 7.84. The number of hydrogen-bond donors (Lipinski definition) is 1. The molecule has 0 unspecified atom stereocenters. The molecule has 2 amide bonds. The number of carbonyl (C=O) groups excluding carboxylic acids is 2. The second-order valence-electron chi connectivity index (χ2n) is 6.10. The molecule has 5 nitrogen and oxygen atoms in total. The fourth-order valence-electron chi connectivity index (χ4n) is 1.62. The quantitative estimate of drug-likeness (QED) is 0.784. The minimum Gasteiger partial charge on any atom is -0.376 e. The summed E-state index contributed by atoms with van der Waals surface area (Å²) in [4.78, 5) is 28.1. The molecule has 0 aromatic heterocycles. The number of aliphatic imine (C=N–C) groups is 1. The molecule has 0 bridgehead atoms. The average Bonchev–Trinajstić information content (AvgIpc) is 2.46. The van der Waals surface area contributed by atoms with Crippen LogP contribution in [0.1, 0.15) is 34.1 Å². The molecule has 126 valence electrons. The van der Waals surface area contributed by atoms with Crippen molar-refractivity contribution in [2.24, 2.45) is 10.4 Å². The van der Waals surface area contributed by atoms with E-state index in [1.54, 1.807) is 24.3 Å². The van der Waals surface area contributed by atoms with Crippen molar-refractivity contribution in [1.29, 1.82) is 0 Å². The molecule has 0 saturated heterocycles. The summed E-state index contributed by atoms with van der Waals surface area (Å²) < 4.78 is 5.30. The van der Waals surface area contributed by atoms with Crippen molar-refractivity contribution in [2.45, 2.75) is 34.1 Å². The smallest absolute Gasteiger partial charge is 0.345 e. The van der Waals surface area contributed by atoms with Crippen molar-refractivity contribution in [1.82, 2.24) is 0 Å². The van der Waals surface area contributed by atoms with Gasteiger partial charge in [-0.1, -0.05) is 32.4 Å². The Balaban J connectivity index is 2.79. The number of ether oxygens (including phenoxy) is 1. The second-order valence-corrected chi connectivity index (χ2v) is 6.54. The van der Waals surface area contributed by atoms with Crippen molar-refractivity contribution in [3.63, 3.8) is 0 Å². The highest BCUT2D eigenvalue weighted by atomic mass is 35.5. The van der Waals surface area contributed by atoms with Gasteiger partial charge in [-0.15, -0.1) is 0 Å². The Morgan fingerprint density at radius 2 is 1.83 bits per heavy atom. The van der Waals surface area contributed by atoms with Crippen LogP contribution < -0.4 is 5.32 Å². The number of Topliss-reactive ketones (excluding diaryl/α,β-unsaturated/α-hetero) is 1. The predicted molar refractivity (Wildman–Crippen MR) is 93.5 cm³/mol. The molecule has 0 saturated carbocycles. The highest BCUT2D eigenvalue weighted by Crippen LogP contribution is 2.17. The molecule has 0 aliphatic rings. The summed E-state index contributed by atoms with van der Waals surface area (Å²) in [7, 11) is 0.